The number of ether oxygens (including phenoxy) is 1. The average Bonchev–Trinajstić information content (AvgIpc) is 3.16. The van der Waals surface area contributed by atoms with Crippen LogP contribution in [0.1, 0.15) is 10.4 Å². The van der Waals surface area contributed by atoms with Crippen molar-refractivity contribution in [1.29, 1.82) is 0 Å². The number of rotatable bonds is 4. The first-order valence-electron chi connectivity index (χ1n) is 6.42. The zero-order valence-corrected chi connectivity index (χ0v) is 12.6. The smallest absolute Gasteiger partial charge is 0.181 e. The van der Waals surface area contributed by atoms with Crippen molar-refractivity contribution >= 4 is 23.2 Å². The number of hydrogen-bond donors (Lipinski definition) is 0. The molecule has 106 valence electrons. The second-order valence-corrected chi connectivity index (χ2v) is 5.61. The van der Waals surface area contributed by atoms with Gasteiger partial charge in [0.2, 0.25) is 0 Å². The van der Waals surface area contributed by atoms with Gasteiger partial charge < -0.3 is 9.15 Å². The molecule has 0 saturated carbocycles. The van der Waals surface area contributed by atoms with Crippen LogP contribution in [0.3, 0.4) is 0 Å². The number of methoxy groups -OCH3 is 1. The number of hydrogen-bond acceptors (Lipinski definition) is 5. The molecule has 0 saturated heterocycles. The molecule has 1 aromatic carbocycles. The van der Waals surface area contributed by atoms with Crippen LogP contribution in [-0.2, 0) is 0 Å². The number of benzene rings is 1. The Morgan fingerprint density at radius 2 is 2.24 bits per heavy atom. The van der Waals surface area contributed by atoms with Crippen molar-refractivity contribution in [1.82, 2.24) is 4.98 Å². The number of oxazole rings is 1. The van der Waals surface area contributed by atoms with E-state index in [1.807, 2.05) is 24.4 Å². The van der Waals surface area contributed by atoms with Crippen molar-refractivity contribution < 1.29 is 9.15 Å². The highest BCUT2D eigenvalue weighted by atomic mass is 32.1. The van der Waals surface area contributed by atoms with Crippen LogP contribution in [0.5, 0.6) is 5.75 Å². The lowest BCUT2D eigenvalue weighted by molar-refractivity contribution is 0.415. The molecule has 0 aliphatic rings. The van der Waals surface area contributed by atoms with E-state index < -0.39 is 0 Å². The molecule has 0 amide bonds. The number of aryl methyl sites for hydroxylation is 1. The second kappa shape index (κ2) is 5.93. The quantitative estimate of drug-likeness (QED) is 0.668. The lowest BCUT2D eigenvalue weighted by atomic mass is 10.1. The van der Waals surface area contributed by atoms with Crippen LogP contribution < -0.4 is 4.74 Å². The fourth-order valence-electron chi connectivity index (χ4n) is 1.99. The van der Waals surface area contributed by atoms with Gasteiger partial charge in [-0.3, -0.25) is 4.99 Å². The van der Waals surface area contributed by atoms with Crippen molar-refractivity contribution in [2.45, 2.75) is 6.92 Å². The third-order valence-corrected chi connectivity index (χ3v) is 3.88. The predicted molar refractivity (Wildman–Crippen MR) is 84.8 cm³/mol. The van der Waals surface area contributed by atoms with Crippen molar-refractivity contribution in [2.24, 2.45) is 4.99 Å². The summed E-state index contributed by atoms with van der Waals surface area (Å²) in [6.07, 6.45) is 4.92. The summed E-state index contributed by atoms with van der Waals surface area (Å²) < 4.78 is 10.7. The van der Waals surface area contributed by atoms with Gasteiger partial charge in [-0.1, -0.05) is 0 Å². The molecule has 0 aliphatic carbocycles. The summed E-state index contributed by atoms with van der Waals surface area (Å²) in [6, 6.07) is 7.84. The Bertz CT molecular complexity index is 760. The third kappa shape index (κ3) is 3.03. The van der Waals surface area contributed by atoms with E-state index in [1.54, 1.807) is 24.6 Å². The topological polar surface area (TPSA) is 47.6 Å². The number of aliphatic imine (C=N–C) groups is 1. The summed E-state index contributed by atoms with van der Waals surface area (Å²) >= 11 is 1.71. The summed E-state index contributed by atoms with van der Waals surface area (Å²) in [5.74, 6) is 1.39. The lowest BCUT2D eigenvalue weighted by Crippen LogP contribution is -1.86. The molecular weight excluding hydrogens is 284 g/mol. The molecule has 3 aromatic rings. The molecule has 2 heterocycles. The van der Waals surface area contributed by atoms with E-state index in [2.05, 4.69) is 28.3 Å². The van der Waals surface area contributed by atoms with E-state index in [-0.39, 0.29) is 0 Å². The van der Waals surface area contributed by atoms with Crippen molar-refractivity contribution in [2.75, 3.05) is 7.11 Å². The highest BCUT2D eigenvalue weighted by Crippen LogP contribution is 2.33. The van der Waals surface area contributed by atoms with E-state index in [1.165, 1.54) is 11.3 Å². The van der Waals surface area contributed by atoms with E-state index in [4.69, 9.17) is 9.15 Å². The molecule has 0 N–H and O–H groups in total. The Kier molecular flexibility index (Phi) is 3.83. The van der Waals surface area contributed by atoms with Crippen molar-refractivity contribution in [3.63, 3.8) is 0 Å². The standard InChI is InChI=1S/C16H14N2O2S/c1-11-5-12(9-21-11)7-18-13-3-4-14(15(6-13)19-2)16-8-17-10-20-16/h3-10H,1-2H3/b18-7+. The van der Waals surface area contributed by atoms with Gasteiger partial charge in [-0.25, -0.2) is 4.98 Å². The first kappa shape index (κ1) is 13.6. The lowest BCUT2D eigenvalue weighted by Gasteiger charge is -2.06. The van der Waals surface area contributed by atoms with Crippen LogP contribution in [0.25, 0.3) is 11.3 Å². The largest absolute Gasteiger partial charge is 0.496 e. The Balaban J connectivity index is 1.89. The average molecular weight is 298 g/mol. The Hall–Kier alpha value is -2.40. The molecule has 0 atom stereocenters. The van der Waals surface area contributed by atoms with Crippen LogP contribution in [0.15, 0.2) is 51.6 Å². The van der Waals surface area contributed by atoms with E-state index in [0.29, 0.717) is 11.5 Å². The fraction of sp³-hybridized carbons (Fsp3) is 0.125. The molecule has 2 aromatic heterocycles. The molecule has 4 nitrogen and oxygen atoms in total. The molecule has 0 aliphatic heterocycles. The van der Waals surface area contributed by atoms with Gasteiger partial charge in [-0.15, -0.1) is 11.3 Å². The third-order valence-electron chi connectivity index (χ3n) is 3.00. The Labute approximate surface area is 126 Å². The van der Waals surface area contributed by atoms with Gasteiger partial charge in [0, 0.05) is 22.7 Å². The predicted octanol–water partition coefficient (Wildman–Crippen LogP) is 4.47. The van der Waals surface area contributed by atoms with E-state index in [9.17, 15) is 0 Å². The Morgan fingerprint density at radius 3 is 2.90 bits per heavy atom. The van der Waals surface area contributed by atoms with Gasteiger partial charge in [0.15, 0.2) is 12.2 Å². The molecule has 0 unspecified atom stereocenters. The minimum absolute atomic E-state index is 0.677. The van der Waals surface area contributed by atoms with Gasteiger partial charge in [-0.05, 0) is 30.5 Å². The molecule has 0 fully saturated rings. The normalized spacial score (nSPS) is 11.1. The maximum absolute atomic E-state index is 5.41. The summed E-state index contributed by atoms with van der Waals surface area (Å²) in [4.78, 5) is 9.67. The van der Waals surface area contributed by atoms with Gasteiger partial charge in [0.1, 0.15) is 5.75 Å². The molecule has 21 heavy (non-hydrogen) atoms. The summed E-state index contributed by atoms with van der Waals surface area (Å²) in [5.41, 5.74) is 2.80. The summed E-state index contributed by atoms with van der Waals surface area (Å²) in [5, 5.41) is 2.08. The highest BCUT2D eigenvalue weighted by Gasteiger charge is 2.09. The second-order valence-electron chi connectivity index (χ2n) is 4.50. The minimum Gasteiger partial charge on any atom is -0.496 e. The van der Waals surface area contributed by atoms with Crippen LogP contribution in [0.2, 0.25) is 0 Å². The monoisotopic (exact) mass is 298 g/mol. The molecule has 5 heteroatoms. The van der Waals surface area contributed by atoms with Gasteiger partial charge in [0.05, 0.1) is 24.6 Å². The number of nitrogens with zero attached hydrogens (tertiary/aromatic N) is 2. The maximum Gasteiger partial charge on any atom is 0.181 e. The molecule has 0 spiro atoms. The summed E-state index contributed by atoms with van der Waals surface area (Å²) in [7, 11) is 1.63. The van der Waals surface area contributed by atoms with Crippen molar-refractivity contribution in [3.8, 4) is 17.1 Å². The van der Waals surface area contributed by atoms with Gasteiger partial charge in [0.25, 0.3) is 0 Å². The number of aromatic nitrogens is 1. The zero-order valence-electron chi connectivity index (χ0n) is 11.7. The first-order valence-corrected chi connectivity index (χ1v) is 7.30. The SMILES string of the molecule is COc1cc(/N=C/c2csc(C)c2)ccc1-c1cnco1. The Morgan fingerprint density at radius 1 is 1.33 bits per heavy atom. The fourth-order valence-corrected chi connectivity index (χ4v) is 2.65. The van der Waals surface area contributed by atoms with Crippen LogP contribution >= 0.6 is 11.3 Å². The van der Waals surface area contributed by atoms with Crippen LogP contribution in [0.4, 0.5) is 5.69 Å². The van der Waals surface area contributed by atoms with Crippen molar-refractivity contribution in [3.05, 3.63) is 52.7 Å². The summed E-state index contributed by atoms with van der Waals surface area (Å²) in [6.45, 7) is 2.08. The molecular formula is C16H14N2O2S. The van der Waals surface area contributed by atoms with Crippen LogP contribution in [-0.4, -0.2) is 18.3 Å². The van der Waals surface area contributed by atoms with Gasteiger partial charge >= 0.3 is 0 Å². The van der Waals surface area contributed by atoms with Gasteiger partial charge in [-0.2, -0.15) is 0 Å². The first-order chi connectivity index (χ1) is 10.3. The van der Waals surface area contributed by atoms with Crippen LogP contribution in [0, 0.1) is 6.92 Å². The molecule has 0 bridgehead atoms. The highest BCUT2D eigenvalue weighted by molar-refractivity contribution is 7.10. The van der Waals surface area contributed by atoms with E-state index >= 15 is 0 Å². The van der Waals surface area contributed by atoms with E-state index in [0.717, 1.165) is 16.8 Å². The minimum atomic E-state index is 0.677. The molecule has 3 rings (SSSR count). The maximum atomic E-state index is 5.41. The number of thiophene rings is 1. The molecule has 0 radical (unpaired) electrons. The zero-order chi connectivity index (χ0) is 14.7.